The Morgan fingerprint density at radius 2 is 1.83 bits per heavy atom. The quantitative estimate of drug-likeness (QED) is 0.883. The number of amides is 1. The van der Waals surface area contributed by atoms with Gasteiger partial charge in [-0.15, -0.1) is 0 Å². The number of nitrogens with one attached hydrogen (secondary N) is 2. The van der Waals surface area contributed by atoms with Gasteiger partial charge in [0.05, 0.1) is 0 Å². The highest BCUT2D eigenvalue weighted by atomic mass is 35.5. The summed E-state index contributed by atoms with van der Waals surface area (Å²) in [5, 5.41) is 6.74. The monoisotopic (exact) mass is 332 g/mol. The van der Waals surface area contributed by atoms with E-state index in [4.69, 9.17) is 11.6 Å². The fourth-order valence-electron chi connectivity index (χ4n) is 2.09. The van der Waals surface area contributed by atoms with Gasteiger partial charge in [0, 0.05) is 22.3 Å². The number of anilines is 2. The van der Waals surface area contributed by atoms with Gasteiger partial charge in [0.2, 0.25) is 0 Å². The molecular formula is C17H21ClN4O. The number of hydrogen-bond donors (Lipinski definition) is 2. The van der Waals surface area contributed by atoms with Crippen molar-refractivity contribution in [2.75, 3.05) is 10.6 Å². The van der Waals surface area contributed by atoms with Crippen LogP contribution in [0.4, 0.5) is 11.5 Å². The molecule has 6 heteroatoms. The van der Waals surface area contributed by atoms with E-state index in [0.717, 1.165) is 5.56 Å². The maximum Gasteiger partial charge on any atom is 0.274 e. The van der Waals surface area contributed by atoms with Crippen LogP contribution in [0.5, 0.6) is 0 Å². The van der Waals surface area contributed by atoms with Crippen LogP contribution >= 0.6 is 11.6 Å². The number of nitrogens with zero attached hydrogens (tertiary/aromatic N) is 2. The van der Waals surface area contributed by atoms with E-state index < -0.39 is 0 Å². The summed E-state index contributed by atoms with van der Waals surface area (Å²) in [5.74, 6) is 0.887. The molecule has 5 nitrogen and oxygen atoms in total. The van der Waals surface area contributed by atoms with E-state index in [9.17, 15) is 4.79 Å². The highest BCUT2D eigenvalue weighted by molar-refractivity contribution is 6.30. The first kappa shape index (κ1) is 17.2. The lowest BCUT2D eigenvalue weighted by Crippen LogP contribution is -2.27. The van der Waals surface area contributed by atoms with Crippen molar-refractivity contribution in [1.29, 1.82) is 0 Å². The van der Waals surface area contributed by atoms with Crippen molar-refractivity contribution in [2.45, 2.75) is 40.2 Å². The van der Waals surface area contributed by atoms with Crippen LogP contribution in [0, 0.1) is 13.8 Å². The van der Waals surface area contributed by atoms with Crippen LogP contribution in [0.3, 0.4) is 0 Å². The van der Waals surface area contributed by atoms with Crippen molar-refractivity contribution in [3.8, 4) is 0 Å². The standard InChI is InChI=1S/C17H21ClN4O/c1-10-8-12(18)6-7-13(10)21-16(23)14-9-15(20-11(2)19-14)22-17(3,4)5/h6-9H,1-5H3,(H,21,23)(H,19,20,22). The number of rotatable bonds is 3. The second-order valence-corrected chi connectivity index (χ2v) is 6.91. The Kier molecular flexibility index (Phi) is 4.90. The predicted molar refractivity (Wildman–Crippen MR) is 94.3 cm³/mol. The van der Waals surface area contributed by atoms with Crippen molar-refractivity contribution in [3.63, 3.8) is 0 Å². The van der Waals surface area contributed by atoms with Gasteiger partial charge in [-0.1, -0.05) is 11.6 Å². The smallest absolute Gasteiger partial charge is 0.274 e. The van der Waals surface area contributed by atoms with Gasteiger partial charge in [-0.05, 0) is 58.4 Å². The summed E-state index contributed by atoms with van der Waals surface area (Å²) in [6, 6.07) is 6.97. The molecule has 0 spiro atoms. The summed E-state index contributed by atoms with van der Waals surface area (Å²) in [6.45, 7) is 9.74. The van der Waals surface area contributed by atoms with E-state index in [-0.39, 0.29) is 11.4 Å². The Morgan fingerprint density at radius 3 is 2.43 bits per heavy atom. The third-order valence-electron chi connectivity index (χ3n) is 3.01. The summed E-state index contributed by atoms with van der Waals surface area (Å²) in [6.07, 6.45) is 0. The van der Waals surface area contributed by atoms with Crippen molar-refractivity contribution in [1.82, 2.24) is 9.97 Å². The third-order valence-corrected chi connectivity index (χ3v) is 3.25. The Labute approximate surface area is 141 Å². The molecule has 0 aliphatic rings. The molecule has 2 rings (SSSR count). The van der Waals surface area contributed by atoms with Crippen molar-refractivity contribution in [2.24, 2.45) is 0 Å². The summed E-state index contributed by atoms with van der Waals surface area (Å²) in [7, 11) is 0. The summed E-state index contributed by atoms with van der Waals surface area (Å²) in [4.78, 5) is 21.0. The van der Waals surface area contributed by atoms with E-state index in [1.54, 1.807) is 31.2 Å². The molecule has 0 saturated carbocycles. The highest BCUT2D eigenvalue weighted by Crippen LogP contribution is 2.20. The first-order valence-electron chi connectivity index (χ1n) is 7.35. The minimum absolute atomic E-state index is 0.151. The molecule has 1 amide bonds. The Bertz CT molecular complexity index is 738. The van der Waals surface area contributed by atoms with E-state index in [1.807, 2.05) is 27.7 Å². The number of halogens is 1. The van der Waals surface area contributed by atoms with Crippen molar-refractivity contribution in [3.05, 3.63) is 46.4 Å². The van der Waals surface area contributed by atoms with Gasteiger partial charge >= 0.3 is 0 Å². The fraction of sp³-hybridized carbons (Fsp3) is 0.353. The summed E-state index contributed by atoms with van der Waals surface area (Å²) < 4.78 is 0. The lowest BCUT2D eigenvalue weighted by Gasteiger charge is -2.21. The van der Waals surface area contributed by atoms with Crippen LogP contribution in [0.25, 0.3) is 0 Å². The zero-order valence-corrected chi connectivity index (χ0v) is 14.7. The number of hydrogen-bond acceptors (Lipinski definition) is 4. The molecule has 122 valence electrons. The van der Waals surface area contributed by atoms with Gasteiger partial charge < -0.3 is 10.6 Å². The SMILES string of the molecule is Cc1nc(NC(C)(C)C)cc(C(=O)Nc2ccc(Cl)cc2C)n1. The summed E-state index contributed by atoms with van der Waals surface area (Å²) in [5.41, 5.74) is 1.77. The maximum atomic E-state index is 12.5. The topological polar surface area (TPSA) is 66.9 Å². The molecule has 2 N–H and O–H groups in total. The van der Waals surface area contributed by atoms with E-state index in [1.165, 1.54) is 0 Å². The Morgan fingerprint density at radius 1 is 1.13 bits per heavy atom. The molecule has 1 aromatic heterocycles. The second-order valence-electron chi connectivity index (χ2n) is 6.47. The zero-order chi connectivity index (χ0) is 17.2. The molecule has 23 heavy (non-hydrogen) atoms. The molecule has 0 saturated heterocycles. The number of carbonyl (C=O) groups is 1. The fourth-order valence-corrected chi connectivity index (χ4v) is 2.31. The Balaban J connectivity index is 2.25. The third kappa shape index (κ3) is 4.93. The molecule has 2 aromatic rings. The van der Waals surface area contributed by atoms with Gasteiger partial charge in [-0.3, -0.25) is 4.79 Å². The predicted octanol–water partition coefficient (Wildman–Crippen LogP) is 4.21. The first-order valence-corrected chi connectivity index (χ1v) is 7.73. The Hall–Kier alpha value is -2.14. The lowest BCUT2D eigenvalue weighted by atomic mass is 10.1. The number of aryl methyl sites for hydroxylation is 2. The minimum Gasteiger partial charge on any atom is -0.365 e. The van der Waals surface area contributed by atoms with Crippen LogP contribution in [-0.2, 0) is 0 Å². The molecule has 0 atom stereocenters. The average Bonchev–Trinajstić information content (AvgIpc) is 2.39. The van der Waals surface area contributed by atoms with Gasteiger partial charge in [0.1, 0.15) is 17.3 Å². The molecule has 1 heterocycles. The van der Waals surface area contributed by atoms with Crippen molar-refractivity contribution < 1.29 is 4.79 Å². The number of aromatic nitrogens is 2. The van der Waals surface area contributed by atoms with E-state index in [0.29, 0.717) is 28.0 Å². The van der Waals surface area contributed by atoms with Crippen LogP contribution in [0.2, 0.25) is 5.02 Å². The van der Waals surface area contributed by atoms with Gasteiger partial charge in [0.25, 0.3) is 5.91 Å². The molecular weight excluding hydrogens is 312 g/mol. The van der Waals surface area contributed by atoms with Gasteiger partial charge in [-0.2, -0.15) is 0 Å². The van der Waals surface area contributed by atoms with Crippen LogP contribution in [0.1, 0.15) is 42.6 Å². The van der Waals surface area contributed by atoms with Crippen molar-refractivity contribution >= 4 is 29.0 Å². The molecule has 0 bridgehead atoms. The molecule has 0 fully saturated rings. The number of carbonyl (C=O) groups excluding carboxylic acids is 1. The lowest BCUT2D eigenvalue weighted by molar-refractivity contribution is 0.102. The van der Waals surface area contributed by atoms with Crippen LogP contribution in [-0.4, -0.2) is 21.4 Å². The molecule has 0 unspecified atom stereocenters. The average molecular weight is 333 g/mol. The normalized spacial score (nSPS) is 11.2. The second kappa shape index (κ2) is 6.54. The highest BCUT2D eigenvalue weighted by Gasteiger charge is 2.15. The van der Waals surface area contributed by atoms with Crippen LogP contribution < -0.4 is 10.6 Å². The minimum atomic E-state index is -0.280. The van der Waals surface area contributed by atoms with Crippen LogP contribution in [0.15, 0.2) is 24.3 Å². The molecule has 1 aromatic carbocycles. The first-order chi connectivity index (χ1) is 10.6. The molecule has 0 radical (unpaired) electrons. The van der Waals surface area contributed by atoms with Gasteiger partial charge in [0.15, 0.2) is 0 Å². The molecule has 0 aliphatic heterocycles. The number of benzene rings is 1. The molecule has 0 aliphatic carbocycles. The van der Waals surface area contributed by atoms with Gasteiger partial charge in [-0.25, -0.2) is 9.97 Å². The van der Waals surface area contributed by atoms with E-state index in [2.05, 4.69) is 20.6 Å². The van der Waals surface area contributed by atoms with E-state index >= 15 is 0 Å². The zero-order valence-electron chi connectivity index (χ0n) is 14.0. The maximum absolute atomic E-state index is 12.5. The summed E-state index contributed by atoms with van der Waals surface area (Å²) >= 11 is 5.93. The largest absolute Gasteiger partial charge is 0.365 e.